The van der Waals surface area contributed by atoms with Gasteiger partial charge in [-0.25, -0.2) is 8.78 Å². The van der Waals surface area contributed by atoms with Crippen LogP contribution in [-0.2, 0) is 4.74 Å². The molecule has 3 aliphatic rings. The van der Waals surface area contributed by atoms with Crippen molar-refractivity contribution in [3.8, 4) is 0 Å². The zero-order valence-electron chi connectivity index (χ0n) is 15.3. The number of rotatable bonds is 4. The summed E-state index contributed by atoms with van der Waals surface area (Å²) in [6.45, 7) is 2.21. The quantitative estimate of drug-likeness (QED) is 0.880. The summed E-state index contributed by atoms with van der Waals surface area (Å²) in [5.41, 5.74) is 1.11. The Morgan fingerprint density at radius 1 is 1.25 bits per heavy atom. The van der Waals surface area contributed by atoms with Crippen LogP contribution in [0.4, 0.5) is 14.5 Å². The van der Waals surface area contributed by atoms with Crippen molar-refractivity contribution in [2.24, 2.45) is 11.8 Å². The molecule has 5 nitrogen and oxygen atoms in total. The highest BCUT2D eigenvalue weighted by Gasteiger charge is 2.62. The Morgan fingerprint density at radius 2 is 2.07 bits per heavy atom. The van der Waals surface area contributed by atoms with Crippen LogP contribution in [0.1, 0.15) is 23.2 Å². The number of hydrogen-bond acceptors (Lipinski definition) is 4. The first-order valence-corrected chi connectivity index (χ1v) is 9.62. The Labute approximate surface area is 161 Å². The Balaban J connectivity index is 1.29. The van der Waals surface area contributed by atoms with Gasteiger partial charge in [0.1, 0.15) is 0 Å². The van der Waals surface area contributed by atoms with Gasteiger partial charge in [-0.1, -0.05) is 0 Å². The third kappa shape index (κ3) is 2.76. The fourth-order valence-electron chi connectivity index (χ4n) is 5.17. The van der Waals surface area contributed by atoms with Crippen LogP contribution in [-0.4, -0.2) is 42.2 Å². The number of nitrogens with zero attached hydrogens (tertiary/aromatic N) is 2. The molecule has 2 aromatic rings. The molecule has 1 aromatic heterocycles. The lowest BCUT2D eigenvalue weighted by Gasteiger charge is -2.29. The number of amides is 1. The van der Waals surface area contributed by atoms with Crippen molar-refractivity contribution in [1.29, 1.82) is 0 Å². The van der Waals surface area contributed by atoms with Crippen LogP contribution in [0.25, 0.3) is 0 Å². The van der Waals surface area contributed by atoms with E-state index < -0.39 is 11.6 Å². The van der Waals surface area contributed by atoms with E-state index in [1.54, 1.807) is 12.4 Å². The smallest absolute Gasteiger partial charge is 0.251 e. The fourth-order valence-corrected chi connectivity index (χ4v) is 5.17. The molecule has 4 atom stereocenters. The average Bonchev–Trinajstić information content (AvgIpc) is 3.37. The molecule has 0 radical (unpaired) electrons. The summed E-state index contributed by atoms with van der Waals surface area (Å²) in [6.07, 6.45) is 5.76. The van der Waals surface area contributed by atoms with Crippen molar-refractivity contribution < 1.29 is 18.3 Å². The van der Waals surface area contributed by atoms with Gasteiger partial charge in [0.2, 0.25) is 0 Å². The fraction of sp³-hybridized carbons (Fsp3) is 0.429. The van der Waals surface area contributed by atoms with E-state index in [4.69, 9.17) is 4.74 Å². The maximum Gasteiger partial charge on any atom is 0.251 e. The molecule has 3 aliphatic heterocycles. The van der Waals surface area contributed by atoms with E-state index in [-0.39, 0.29) is 29.1 Å². The van der Waals surface area contributed by atoms with Gasteiger partial charge in [0.15, 0.2) is 11.6 Å². The number of carbonyl (C=O) groups is 1. The van der Waals surface area contributed by atoms with Crippen LogP contribution in [0.2, 0.25) is 0 Å². The predicted molar refractivity (Wildman–Crippen MR) is 99.0 cm³/mol. The molecule has 7 heteroatoms. The van der Waals surface area contributed by atoms with Gasteiger partial charge in [0.05, 0.1) is 11.7 Å². The third-order valence-corrected chi connectivity index (χ3v) is 6.49. The summed E-state index contributed by atoms with van der Waals surface area (Å²) in [5, 5.41) is 2.90. The monoisotopic (exact) mass is 385 g/mol. The topological polar surface area (TPSA) is 54.5 Å². The number of nitrogens with one attached hydrogen (secondary N) is 1. The number of anilines is 1. The van der Waals surface area contributed by atoms with Gasteiger partial charge < -0.3 is 15.0 Å². The van der Waals surface area contributed by atoms with Crippen LogP contribution in [0.15, 0.2) is 42.7 Å². The van der Waals surface area contributed by atoms with Gasteiger partial charge in [0.25, 0.3) is 5.91 Å². The molecule has 4 heterocycles. The van der Waals surface area contributed by atoms with Crippen LogP contribution in [0.3, 0.4) is 0 Å². The van der Waals surface area contributed by atoms with Crippen LogP contribution < -0.4 is 10.2 Å². The van der Waals surface area contributed by atoms with Gasteiger partial charge >= 0.3 is 0 Å². The molecule has 28 heavy (non-hydrogen) atoms. The third-order valence-electron chi connectivity index (χ3n) is 6.49. The van der Waals surface area contributed by atoms with Gasteiger partial charge in [-0.05, 0) is 43.2 Å². The summed E-state index contributed by atoms with van der Waals surface area (Å²) < 4.78 is 32.9. The molecule has 0 aliphatic carbocycles. The normalized spacial score (nSPS) is 30.5. The first-order chi connectivity index (χ1) is 13.6. The zero-order valence-corrected chi connectivity index (χ0v) is 15.3. The molecule has 3 saturated heterocycles. The number of ether oxygens (including phenoxy) is 1. The number of benzene rings is 1. The SMILES string of the molecule is O=C(NC[C@H]1[C@H]2CN(c3ccncc3)C[C@]23CC[C@H]1O3)c1ccc(F)c(F)c1. The number of hydrogen-bond donors (Lipinski definition) is 1. The summed E-state index contributed by atoms with van der Waals surface area (Å²) in [6, 6.07) is 7.22. The minimum atomic E-state index is -1.02. The van der Waals surface area contributed by atoms with Crippen molar-refractivity contribution in [2.75, 3.05) is 24.5 Å². The molecule has 1 N–H and O–H groups in total. The van der Waals surface area contributed by atoms with Crippen LogP contribution in [0.5, 0.6) is 0 Å². The van der Waals surface area contributed by atoms with E-state index in [2.05, 4.69) is 15.2 Å². The number of fused-ring (bicyclic) bond motifs is 1. The average molecular weight is 385 g/mol. The second kappa shape index (κ2) is 6.51. The highest BCUT2D eigenvalue weighted by Crippen LogP contribution is 2.55. The minimum absolute atomic E-state index is 0.127. The molecule has 146 valence electrons. The number of halogens is 2. The highest BCUT2D eigenvalue weighted by atomic mass is 19.2. The number of carbonyl (C=O) groups excluding carboxylic acids is 1. The van der Waals surface area contributed by atoms with E-state index in [0.717, 1.165) is 43.8 Å². The molecule has 1 aromatic carbocycles. The molecule has 3 fully saturated rings. The zero-order chi connectivity index (χ0) is 19.3. The van der Waals surface area contributed by atoms with E-state index in [0.29, 0.717) is 12.5 Å². The summed E-state index contributed by atoms with van der Waals surface area (Å²) in [7, 11) is 0. The molecular formula is C21H21F2N3O2. The van der Waals surface area contributed by atoms with Crippen LogP contribution >= 0.6 is 0 Å². The molecule has 0 unspecified atom stereocenters. The Morgan fingerprint density at radius 3 is 2.86 bits per heavy atom. The standard InChI is InChI=1S/C21H21F2N3O2/c22-17-2-1-13(9-18(17)23)20(27)25-10-15-16-11-26(14-4-7-24-8-5-14)12-21(16)6-3-19(15)28-21/h1-2,4-5,7-9,15-16,19H,3,6,10-12H2,(H,25,27)/t15-,16+,19+,21+/m0/s1. The predicted octanol–water partition coefficient (Wildman–Crippen LogP) is 2.77. The first-order valence-electron chi connectivity index (χ1n) is 9.62. The van der Waals surface area contributed by atoms with Gasteiger partial charge in [-0.15, -0.1) is 0 Å². The summed E-state index contributed by atoms with van der Waals surface area (Å²) in [5.74, 6) is -1.81. The molecule has 2 bridgehead atoms. The number of pyridine rings is 1. The molecule has 1 amide bonds. The molecule has 0 saturated carbocycles. The Bertz CT molecular complexity index is 910. The second-order valence-electron chi connectivity index (χ2n) is 7.95. The Kier molecular flexibility index (Phi) is 4.08. The van der Waals surface area contributed by atoms with E-state index >= 15 is 0 Å². The molecule has 5 rings (SSSR count). The van der Waals surface area contributed by atoms with Crippen LogP contribution in [0, 0.1) is 23.5 Å². The van der Waals surface area contributed by atoms with Crippen molar-refractivity contribution in [2.45, 2.75) is 24.5 Å². The van der Waals surface area contributed by atoms with Crippen molar-refractivity contribution in [3.05, 3.63) is 59.9 Å². The van der Waals surface area contributed by atoms with Crippen molar-refractivity contribution in [1.82, 2.24) is 10.3 Å². The molecular weight excluding hydrogens is 364 g/mol. The van der Waals surface area contributed by atoms with Gasteiger partial charge in [-0.3, -0.25) is 9.78 Å². The Hall–Kier alpha value is -2.54. The molecule has 1 spiro atoms. The van der Waals surface area contributed by atoms with Gasteiger partial charge in [-0.2, -0.15) is 0 Å². The summed E-state index contributed by atoms with van der Waals surface area (Å²) >= 11 is 0. The lowest BCUT2D eigenvalue weighted by molar-refractivity contribution is 0.0141. The van der Waals surface area contributed by atoms with Crippen molar-refractivity contribution in [3.63, 3.8) is 0 Å². The van der Waals surface area contributed by atoms with Crippen molar-refractivity contribution >= 4 is 11.6 Å². The first kappa shape index (κ1) is 17.6. The summed E-state index contributed by atoms with van der Waals surface area (Å²) in [4.78, 5) is 18.8. The maximum absolute atomic E-state index is 13.4. The minimum Gasteiger partial charge on any atom is -0.369 e. The van der Waals surface area contributed by atoms with E-state index in [1.807, 2.05) is 12.1 Å². The van der Waals surface area contributed by atoms with E-state index in [9.17, 15) is 13.6 Å². The largest absolute Gasteiger partial charge is 0.369 e. The lowest BCUT2D eigenvalue weighted by Crippen LogP contribution is -2.41. The van der Waals surface area contributed by atoms with Gasteiger partial charge in [0, 0.05) is 55.1 Å². The van der Waals surface area contributed by atoms with E-state index in [1.165, 1.54) is 6.07 Å². The maximum atomic E-state index is 13.4. The lowest BCUT2D eigenvalue weighted by atomic mass is 9.73. The highest BCUT2D eigenvalue weighted by molar-refractivity contribution is 5.94. The number of aromatic nitrogens is 1. The second-order valence-corrected chi connectivity index (χ2v) is 7.95.